The van der Waals surface area contributed by atoms with Crippen LogP contribution in [-0.4, -0.2) is 31.8 Å². The van der Waals surface area contributed by atoms with Crippen LogP contribution in [0.25, 0.3) is 10.9 Å². The molecular formula is C34H34N2O4. The number of para-hydroxylation sites is 1. The minimum atomic E-state index is -0.221. The van der Waals surface area contributed by atoms with Gasteiger partial charge in [0.2, 0.25) is 5.91 Å². The van der Waals surface area contributed by atoms with Gasteiger partial charge in [0, 0.05) is 48.6 Å². The summed E-state index contributed by atoms with van der Waals surface area (Å²) >= 11 is 0. The number of benzene rings is 4. The van der Waals surface area contributed by atoms with E-state index >= 15 is 0 Å². The fourth-order valence-corrected chi connectivity index (χ4v) is 5.10. The van der Waals surface area contributed by atoms with Gasteiger partial charge < -0.3 is 24.1 Å². The average Bonchev–Trinajstić information content (AvgIpc) is 3.37. The second kappa shape index (κ2) is 12.4. The van der Waals surface area contributed by atoms with E-state index in [1.807, 2.05) is 72.8 Å². The van der Waals surface area contributed by atoms with Crippen LogP contribution < -0.4 is 19.5 Å². The van der Waals surface area contributed by atoms with Crippen LogP contribution in [0.4, 0.5) is 0 Å². The van der Waals surface area contributed by atoms with E-state index in [1.54, 1.807) is 21.3 Å². The van der Waals surface area contributed by atoms with E-state index < -0.39 is 0 Å². The molecule has 0 unspecified atom stereocenters. The van der Waals surface area contributed by atoms with Crippen LogP contribution >= 0.6 is 0 Å². The minimum absolute atomic E-state index is 0.0253. The van der Waals surface area contributed by atoms with Gasteiger partial charge in [0.05, 0.1) is 21.3 Å². The first-order valence-electron chi connectivity index (χ1n) is 13.3. The molecule has 1 amide bonds. The molecule has 1 atom stereocenters. The van der Waals surface area contributed by atoms with Crippen molar-refractivity contribution >= 4 is 16.8 Å². The maximum Gasteiger partial charge on any atom is 0.221 e. The van der Waals surface area contributed by atoms with Gasteiger partial charge in [0.25, 0.3) is 0 Å². The Balaban J connectivity index is 1.54. The Hall–Kier alpha value is -4.71. The summed E-state index contributed by atoms with van der Waals surface area (Å²) in [6, 6.07) is 32.2. The Morgan fingerprint density at radius 2 is 1.40 bits per heavy atom. The van der Waals surface area contributed by atoms with Gasteiger partial charge in [-0.2, -0.15) is 0 Å². The predicted octanol–water partition coefficient (Wildman–Crippen LogP) is 6.55. The first-order valence-corrected chi connectivity index (χ1v) is 13.3. The van der Waals surface area contributed by atoms with Gasteiger partial charge in [-0.25, -0.2) is 0 Å². The van der Waals surface area contributed by atoms with Crippen molar-refractivity contribution in [2.45, 2.75) is 25.4 Å². The molecule has 204 valence electrons. The summed E-state index contributed by atoms with van der Waals surface area (Å²) in [5.41, 5.74) is 5.37. The van der Waals surface area contributed by atoms with Crippen LogP contribution in [0.2, 0.25) is 0 Å². The topological polar surface area (TPSA) is 61.7 Å². The lowest BCUT2D eigenvalue weighted by atomic mass is 9.87. The number of amides is 1. The summed E-state index contributed by atoms with van der Waals surface area (Å²) in [5, 5.41) is 4.22. The normalized spacial score (nSPS) is 11.7. The van der Waals surface area contributed by atoms with E-state index in [0.29, 0.717) is 24.6 Å². The molecule has 1 N–H and O–H groups in total. The van der Waals surface area contributed by atoms with Crippen molar-refractivity contribution < 1.29 is 19.0 Å². The SMILES string of the molecule is COc1ccc(Cn2cc([C@H](CC(=O)NCc3ccccc3)c3cc(OC)cc(OC)c3)c3ccccc32)cc1. The quantitative estimate of drug-likeness (QED) is 0.209. The lowest BCUT2D eigenvalue weighted by molar-refractivity contribution is -0.121. The first kappa shape index (κ1) is 26.9. The van der Waals surface area contributed by atoms with Crippen LogP contribution in [0.3, 0.4) is 0 Å². The number of carbonyl (C=O) groups excluding carboxylic acids is 1. The van der Waals surface area contributed by atoms with Gasteiger partial charge in [-0.1, -0.05) is 60.7 Å². The van der Waals surface area contributed by atoms with E-state index in [2.05, 4.69) is 40.3 Å². The van der Waals surface area contributed by atoms with Crippen molar-refractivity contribution in [3.8, 4) is 17.2 Å². The highest BCUT2D eigenvalue weighted by Gasteiger charge is 2.24. The number of fused-ring (bicyclic) bond motifs is 1. The van der Waals surface area contributed by atoms with Crippen LogP contribution in [-0.2, 0) is 17.9 Å². The first-order chi connectivity index (χ1) is 19.6. The van der Waals surface area contributed by atoms with Crippen LogP contribution in [0.5, 0.6) is 17.2 Å². The molecule has 0 saturated carbocycles. The molecule has 0 bridgehead atoms. The highest BCUT2D eigenvalue weighted by molar-refractivity contribution is 5.87. The van der Waals surface area contributed by atoms with Gasteiger partial charge in [0.15, 0.2) is 0 Å². The van der Waals surface area contributed by atoms with Crippen molar-refractivity contribution in [1.82, 2.24) is 9.88 Å². The van der Waals surface area contributed by atoms with E-state index in [9.17, 15) is 4.79 Å². The van der Waals surface area contributed by atoms with E-state index in [0.717, 1.165) is 38.9 Å². The molecular weight excluding hydrogens is 500 g/mol. The third-order valence-corrected chi connectivity index (χ3v) is 7.20. The number of ether oxygens (including phenoxy) is 3. The summed E-state index contributed by atoms with van der Waals surface area (Å²) in [6.45, 7) is 1.17. The Morgan fingerprint density at radius 3 is 2.08 bits per heavy atom. The molecule has 0 spiro atoms. The molecule has 0 aliphatic rings. The average molecular weight is 535 g/mol. The minimum Gasteiger partial charge on any atom is -0.497 e. The molecule has 4 aromatic carbocycles. The molecule has 0 saturated heterocycles. The molecule has 0 aliphatic heterocycles. The van der Waals surface area contributed by atoms with Gasteiger partial charge in [-0.05, 0) is 52.6 Å². The van der Waals surface area contributed by atoms with Crippen LogP contribution in [0, 0.1) is 0 Å². The summed E-state index contributed by atoms with van der Waals surface area (Å²) in [7, 11) is 4.95. The lowest BCUT2D eigenvalue weighted by Gasteiger charge is -2.19. The number of aromatic nitrogens is 1. The van der Waals surface area contributed by atoms with Crippen LogP contribution in [0.15, 0.2) is 103 Å². The highest BCUT2D eigenvalue weighted by Crippen LogP contribution is 2.38. The zero-order valence-corrected chi connectivity index (χ0v) is 23.1. The molecule has 0 aliphatic carbocycles. The molecule has 1 heterocycles. The smallest absolute Gasteiger partial charge is 0.221 e. The van der Waals surface area contributed by atoms with Crippen LogP contribution in [0.1, 0.15) is 34.6 Å². The molecule has 5 rings (SSSR count). The number of nitrogens with zero attached hydrogens (tertiary/aromatic N) is 1. The number of rotatable bonds is 11. The largest absolute Gasteiger partial charge is 0.497 e. The van der Waals surface area contributed by atoms with Gasteiger partial charge in [0.1, 0.15) is 17.2 Å². The van der Waals surface area contributed by atoms with Crippen molar-refractivity contribution in [1.29, 1.82) is 0 Å². The number of hydrogen-bond acceptors (Lipinski definition) is 4. The Bertz CT molecular complexity index is 1550. The van der Waals surface area contributed by atoms with Crippen molar-refractivity contribution in [2.75, 3.05) is 21.3 Å². The summed E-state index contributed by atoms with van der Waals surface area (Å²) in [5.74, 6) is 1.96. The third kappa shape index (κ3) is 6.12. The van der Waals surface area contributed by atoms with Gasteiger partial charge in [-0.3, -0.25) is 4.79 Å². The zero-order valence-electron chi connectivity index (χ0n) is 23.1. The fraction of sp³-hybridized carbons (Fsp3) is 0.206. The maximum atomic E-state index is 13.4. The Morgan fingerprint density at radius 1 is 0.750 bits per heavy atom. The zero-order chi connectivity index (χ0) is 27.9. The molecule has 6 heteroatoms. The molecule has 6 nitrogen and oxygen atoms in total. The van der Waals surface area contributed by atoms with E-state index in [-0.39, 0.29) is 18.2 Å². The lowest BCUT2D eigenvalue weighted by Crippen LogP contribution is -2.25. The fourth-order valence-electron chi connectivity index (χ4n) is 5.10. The molecule has 1 aromatic heterocycles. The predicted molar refractivity (Wildman–Crippen MR) is 158 cm³/mol. The Kier molecular flexibility index (Phi) is 8.35. The molecule has 40 heavy (non-hydrogen) atoms. The third-order valence-electron chi connectivity index (χ3n) is 7.20. The van der Waals surface area contributed by atoms with Gasteiger partial charge in [-0.15, -0.1) is 0 Å². The standard InChI is InChI=1S/C34H34N2O4/c1-38-27-15-13-25(14-16-27)22-36-23-32(30-11-7-8-12-33(30)36)31(26-17-28(39-2)19-29(18-26)40-3)20-34(37)35-21-24-9-5-4-6-10-24/h4-19,23,31H,20-22H2,1-3H3,(H,35,37)/t31-/m1/s1. The second-order valence-corrected chi connectivity index (χ2v) is 9.74. The van der Waals surface area contributed by atoms with Crippen molar-refractivity contribution in [3.05, 3.63) is 126 Å². The van der Waals surface area contributed by atoms with E-state index in [4.69, 9.17) is 14.2 Å². The highest BCUT2D eigenvalue weighted by atomic mass is 16.5. The summed E-state index contributed by atoms with van der Waals surface area (Å²) in [6.07, 6.45) is 2.45. The molecule has 0 radical (unpaired) electrons. The molecule has 0 fully saturated rings. The van der Waals surface area contributed by atoms with Gasteiger partial charge >= 0.3 is 0 Å². The van der Waals surface area contributed by atoms with Crippen molar-refractivity contribution in [3.63, 3.8) is 0 Å². The molecule has 5 aromatic rings. The Labute approximate surface area is 235 Å². The monoisotopic (exact) mass is 534 g/mol. The number of nitrogens with one attached hydrogen (secondary N) is 1. The summed E-state index contributed by atoms with van der Waals surface area (Å²) < 4.78 is 18.8. The second-order valence-electron chi connectivity index (χ2n) is 9.74. The number of hydrogen-bond donors (Lipinski definition) is 1. The number of carbonyl (C=O) groups is 1. The van der Waals surface area contributed by atoms with Crippen molar-refractivity contribution in [2.24, 2.45) is 0 Å². The number of methoxy groups -OCH3 is 3. The summed E-state index contributed by atoms with van der Waals surface area (Å²) in [4.78, 5) is 13.4. The maximum absolute atomic E-state index is 13.4. The van der Waals surface area contributed by atoms with E-state index in [1.165, 1.54) is 0 Å².